The summed E-state index contributed by atoms with van der Waals surface area (Å²) in [5.41, 5.74) is 2.27. The Kier molecular flexibility index (Phi) is 9.97. The van der Waals surface area contributed by atoms with E-state index in [1.54, 1.807) is 6.08 Å². The molecule has 140 valence electrons. The number of carbonyl (C=O) groups is 1. The fraction of sp³-hybridized carbons (Fsp3) is 0.643. The van der Waals surface area contributed by atoms with Gasteiger partial charge in [0.15, 0.2) is 5.40 Å². The van der Waals surface area contributed by atoms with Crippen molar-refractivity contribution < 1.29 is 33.5 Å². The minimum atomic E-state index is -4.94. The Hall–Kier alpha value is -0.750. The van der Waals surface area contributed by atoms with Gasteiger partial charge in [-0.25, -0.2) is 0 Å². The average Bonchev–Trinajstić information content (AvgIpc) is 2.38. The zero-order valence-corrected chi connectivity index (χ0v) is 16.0. The molecule has 0 aliphatic rings. The lowest BCUT2D eigenvalue weighted by atomic mass is 10.1. The maximum absolute atomic E-state index is 11.7. The third kappa shape index (κ3) is 10.9. The van der Waals surface area contributed by atoms with E-state index >= 15 is 0 Å². The highest BCUT2D eigenvalue weighted by Gasteiger charge is 2.42. The molecule has 5 N–H and O–H groups in total. The summed E-state index contributed by atoms with van der Waals surface area (Å²) in [6.07, 6.45) is 5.19. The highest BCUT2D eigenvalue weighted by atomic mass is 31.2. The van der Waals surface area contributed by atoms with E-state index in [1.807, 2.05) is 20.8 Å². The van der Waals surface area contributed by atoms with Crippen molar-refractivity contribution in [2.75, 3.05) is 6.54 Å². The van der Waals surface area contributed by atoms with Crippen molar-refractivity contribution in [3.63, 3.8) is 0 Å². The van der Waals surface area contributed by atoms with Crippen molar-refractivity contribution >= 4 is 21.1 Å². The lowest BCUT2D eigenvalue weighted by molar-refractivity contribution is -0.120. The molecule has 0 saturated heterocycles. The maximum Gasteiger partial charge on any atom is 0.340 e. The second-order valence-corrected chi connectivity index (χ2v) is 9.88. The molecule has 0 radical (unpaired) electrons. The van der Waals surface area contributed by atoms with Gasteiger partial charge in [-0.1, -0.05) is 23.3 Å². The van der Waals surface area contributed by atoms with E-state index in [-0.39, 0.29) is 18.9 Å². The van der Waals surface area contributed by atoms with Crippen LogP contribution in [0, 0.1) is 0 Å². The zero-order valence-electron chi connectivity index (χ0n) is 14.2. The number of rotatable bonds is 10. The summed E-state index contributed by atoms with van der Waals surface area (Å²) >= 11 is 0. The summed E-state index contributed by atoms with van der Waals surface area (Å²) in [5.74, 6) is -0.369. The van der Waals surface area contributed by atoms with Gasteiger partial charge in [0.05, 0.1) is 0 Å². The first-order chi connectivity index (χ1) is 10.8. The molecule has 24 heavy (non-hydrogen) atoms. The van der Waals surface area contributed by atoms with Gasteiger partial charge in [0.1, 0.15) is 0 Å². The van der Waals surface area contributed by atoms with Crippen molar-refractivity contribution in [3.8, 4) is 0 Å². The molecule has 10 heteroatoms. The van der Waals surface area contributed by atoms with Gasteiger partial charge in [0.25, 0.3) is 0 Å². The van der Waals surface area contributed by atoms with E-state index < -0.39 is 27.0 Å². The van der Waals surface area contributed by atoms with E-state index in [2.05, 4.69) is 11.4 Å². The van der Waals surface area contributed by atoms with Gasteiger partial charge < -0.3 is 24.9 Å². The summed E-state index contributed by atoms with van der Waals surface area (Å²) in [7, 11) is -9.88. The first-order valence-corrected chi connectivity index (χ1v) is 10.9. The number of carbonyl (C=O) groups excluding carboxylic acids is 1. The molecule has 1 amide bonds. The first-order valence-electron chi connectivity index (χ1n) is 7.50. The largest absolute Gasteiger partial charge is 0.356 e. The molecule has 0 unspecified atom stereocenters. The van der Waals surface area contributed by atoms with Crippen LogP contribution >= 0.6 is 15.2 Å². The van der Waals surface area contributed by atoms with Crippen LogP contribution in [-0.2, 0) is 13.9 Å². The fourth-order valence-electron chi connectivity index (χ4n) is 1.90. The third-order valence-electron chi connectivity index (χ3n) is 3.23. The molecule has 0 aromatic rings. The third-order valence-corrected chi connectivity index (χ3v) is 7.10. The van der Waals surface area contributed by atoms with Gasteiger partial charge in [-0.3, -0.25) is 13.9 Å². The standard InChI is InChI=1S/C14H27NO7P2/c1-11(2)5-4-6-12(3)7-8-13(16)15-10-9-14(23(17,18)19)24(20,21)22/h5,7,14H,4,6,8-10H2,1-3H3,(H,15,16)(H2,17,18,19)(H2,20,21,22)/b12-7-. The van der Waals surface area contributed by atoms with Crippen LogP contribution < -0.4 is 5.32 Å². The molecule has 0 fully saturated rings. The number of hydrogen-bond donors (Lipinski definition) is 5. The van der Waals surface area contributed by atoms with Gasteiger partial charge in [0.2, 0.25) is 5.91 Å². The molecule has 8 nitrogen and oxygen atoms in total. The van der Waals surface area contributed by atoms with Gasteiger partial charge >= 0.3 is 15.2 Å². The first kappa shape index (κ1) is 23.2. The van der Waals surface area contributed by atoms with Crippen LogP contribution in [0.2, 0.25) is 0 Å². The Bertz CT molecular complexity index is 548. The van der Waals surface area contributed by atoms with Gasteiger partial charge in [-0.15, -0.1) is 0 Å². The van der Waals surface area contributed by atoms with Crippen LogP contribution in [0.25, 0.3) is 0 Å². The van der Waals surface area contributed by atoms with Gasteiger partial charge in [0, 0.05) is 13.0 Å². The van der Waals surface area contributed by atoms with E-state index in [4.69, 9.17) is 19.6 Å². The highest BCUT2D eigenvalue weighted by Crippen LogP contribution is 2.61. The van der Waals surface area contributed by atoms with E-state index in [0.29, 0.717) is 0 Å². The minimum absolute atomic E-state index is 0.108. The normalized spacial score (nSPS) is 13.1. The molecular weight excluding hydrogens is 356 g/mol. The topological polar surface area (TPSA) is 144 Å². The highest BCUT2D eigenvalue weighted by molar-refractivity contribution is 7.70. The molecule has 0 aliphatic carbocycles. The quantitative estimate of drug-likeness (QED) is 0.287. The van der Waals surface area contributed by atoms with Crippen LogP contribution in [0.1, 0.15) is 46.5 Å². The van der Waals surface area contributed by atoms with Crippen molar-refractivity contribution in [1.82, 2.24) is 5.32 Å². The van der Waals surface area contributed by atoms with Crippen LogP contribution in [0.3, 0.4) is 0 Å². The second kappa shape index (κ2) is 10.3. The Morgan fingerprint density at radius 3 is 2.04 bits per heavy atom. The Morgan fingerprint density at radius 2 is 1.58 bits per heavy atom. The van der Waals surface area contributed by atoms with Gasteiger partial charge in [-0.2, -0.15) is 0 Å². The molecule has 0 atom stereocenters. The molecule has 0 saturated carbocycles. The number of amides is 1. The predicted molar refractivity (Wildman–Crippen MR) is 92.5 cm³/mol. The Morgan fingerprint density at radius 1 is 1.04 bits per heavy atom. The minimum Gasteiger partial charge on any atom is -0.356 e. The van der Waals surface area contributed by atoms with Crippen molar-refractivity contribution in [2.24, 2.45) is 0 Å². The van der Waals surface area contributed by atoms with Crippen LogP contribution in [-0.4, -0.2) is 37.4 Å². The molecule has 0 bridgehead atoms. The van der Waals surface area contributed by atoms with Crippen LogP contribution in [0.5, 0.6) is 0 Å². The smallest absolute Gasteiger partial charge is 0.340 e. The van der Waals surface area contributed by atoms with E-state index in [9.17, 15) is 13.9 Å². The zero-order chi connectivity index (χ0) is 19.0. The van der Waals surface area contributed by atoms with E-state index in [0.717, 1.165) is 18.4 Å². The van der Waals surface area contributed by atoms with Crippen molar-refractivity contribution in [1.29, 1.82) is 0 Å². The molecular formula is C14H27NO7P2. The summed E-state index contributed by atoms with van der Waals surface area (Å²) in [5, 5.41) is 0.314. The molecule has 0 heterocycles. The summed E-state index contributed by atoms with van der Waals surface area (Å²) in [6, 6.07) is 0. The average molecular weight is 383 g/mol. The van der Waals surface area contributed by atoms with Crippen molar-refractivity contribution in [3.05, 3.63) is 23.3 Å². The lowest BCUT2D eigenvalue weighted by Gasteiger charge is -2.19. The number of hydrogen-bond acceptors (Lipinski definition) is 3. The van der Waals surface area contributed by atoms with Gasteiger partial charge in [-0.05, 0) is 40.0 Å². The summed E-state index contributed by atoms with van der Waals surface area (Å²) in [6.45, 7) is 5.71. The van der Waals surface area contributed by atoms with Crippen LogP contribution in [0.4, 0.5) is 0 Å². The SMILES string of the molecule is CC(C)=CCC/C(C)=C\CC(=O)NCCC(P(=O)(O)O)P(=O)(O)O. The number of nitrogens with one attached hydrogen (secondary N) is 1. The monoisotopic (exact) mass is 383 g/mol. The number of allylic oxidation sites excluding steroid dienone is 3. The second-order valence-electron chi connectivity index (χ2n) is 5.87. The molecule has 0 aromatic carbocycles. The summed E-state index contributed by atoms with van der Waals surface area (Å²) < 4.78 is 22.2. The van der Waals surface area contributed by atoms with Crippen LogP contribution in [0.15, 0.2) is 23.3 Å². The Balaban J connectivity index is 4.33. The van der Waals surface area contributed by atoms with Crippen molar-refractivity contribution in [2.45, 2.75) is 51.9 Å². The molecule has 0 spiro atoms. The Labute approximate surface area is 142 Å². The fourth-order valence-corrected chi connectivity index (χ4v) is 4.40. The molecule has 0 rings (SSSR count). The predicted octanol–water partition coefficient (Wildman–Crippen LogP) is 2.26. The maximum atomic E-state index is 11.7. The summed E-state index contributed by atoms with van der Waals surface area (Å²) in [4.78, 5) is 47.5. The lowest BCUT2D eigenvalue weighted by Crippen LogP contribution is -2.26. The molecule has 0 aromatic heterocycles. The van der Waals surface area contributed by atoms with E-state index in [1.165, 1.54) is 5.57 Å². The molecule has 0 aliphatic heterocycles.